The van der Waals surface area contributed by atoms with Gasteiger partial charge in [0.25, 0.3) is 0 Å². The average Bonchev–Trinajstić information content (AvgIpc) is 2.68. The number of ether oxygens (including phenoxy) is 1. The van der Waals surface area contributed by atoms with Crippen LogP contribution in [0.25, 0.3) is 0 Å². The van der Waals surface area contributed by atoms with E-state index in [1.807, 2.05) is 22.9 Å². The lowest BCUT2D eigenvalue weighted by Gasteiger charge is -2.09. The molecule has 1 aromatic heterocycles. The summed E-state index contributed by atoms with van der Waals surface area (Å²) >= 11 is 6.31. The zero-order valence-electron chi connectivity index (χ0n) is 9.40. The van der Waals surface area contributed by atoms with Gasteiger partial charge in [-0.25, -0.2) is 4.68 Å². The van der Waals surface area contributed by atoms with Crippen molar-refractivity contribution in [3.63, 3.8) is 0 Å². The van der Waals surface area contributed by atoms with Gasteiger partial charge in [0, 0.05) is 12.0 Å². The monoisotopic (exact) mass is 248 g/mol. The first-order valence-electron chi connectivity index (χ1n) is 5.70. The van der Waals surface area contributed by atoms with Crippen molar-refractivity contribution in [2.75, 3.05) is 6.61 Å². The molecule has 0 amide bonds. The SMILES string of the molecule is Clc1c2c(nn1Cc1ccccc1)CCOC2. The Hall–Kier alpha value is -1.32. The lowest BCUT2D eigenvalue weighted by atomic mass is 10.2. The zero-order valence-corrected chi connectivity index (χ0v) is 10.2. The van der Waals surface area contributed by atoms with E-state index in [1.165, 1.54) is 5.56 Å². The van der Waals surface area contributed by atoms with Crippen molar-refractivity contribution >= 4 is 11.6 Å². The van der Waals surface area contributed by atoms with Gasteiger partial charge in [-0.3, -0.25) is 0 Å². The lowest BCUT2D eigenvalue weighted by Crippen LogP contribution is -2.08. The van der Waals surface area contributed by atoms with Crippen LogP contribution in [0.4, 0.5) is 0 Å². The number of rotatable bonds is 2. The number of benzene rings is 1. The van der Waals surface area contributed by atoms with E-state index in [4.69, 9.17) is 16.3 Å². The highest BCUT2D eigenvalue weighted by atomic mass is 35.5. The first-order valence-corrected chi connectivity index (χ1v) is 6.08. The van der Waals surface area contributed by atoms with Crippen LogP contribution in [0.3, 0.4) is 0 Å². The Kier molecular flexibility index (Phi) is 2.87. The Labute approximate surface area is 105 Å². The van der Waals surface area contributed by atoms with Crippen LogP contribution < -0.4 is 0 Å². The van der Waals surface area contributed by atoms with Crippen molar-refractivity contribution in [2.24, 2.45) is 0 Å². The van der Waals surface area contributed by atoms with E-state index in [-0.39, 0.29) is 0 Å². The minimum atomic E-state index is 0.586. The third-order valence-corrected chi connectivity index (χ3v) is 3.39. The third kappa shape index (κ3) is 2.08. The average molecular weight is 249 g/mol. The second kappa shape index (κ2) is 4.51. The van der Waals surface area contributed by atoms with Crippen molar-refractivity contribution in [3.8, 4) is 0 Å². The van der Waals surface area contributed by atoms with Crippen LogP contribution in [-0.2, 0) is 24.3 Å². The fourth-order valence-electron chi connectivity index (χ4n) is 2.07. The second-order valence-electron chi connectivity index (χ2n) is 4.16. The molecule has 1 aromatic carbocycles. The molecule has 1 aliphatic heterocycles. The molecule has 3 rings (SSSR count). The maximum absolute atomic E-state index is 6.31. The van der Waals surface area contributed by atoms with E-state index in [1.54, 1.807) is 0 Å². The summed E-state index contributed by atoms with van der Waals surface area (Å²) in [6.45, 7) is 2.04. The topological polar surface area (TPSA) is 27.1 Å². The summed E-state index contributed by atoms with van der Waals surface area (Å²) in [5.41, 5.74) is 3.33. The van der Waals surface area contributed by atoms with Crippen LogP contribution in [-0.4, -0.2) is 16.4 Å². The minimum absolute atomic E-state index is 0.586. The molecule has 0 saturated heterocycles. The van der Waals surface area contributed by atoms with Gasteiger partial charge < -0.3 is 4.74 Å². The largest absolute Gasteiger partial charge is 0.376 e. The van der Waals surface area contributed by atoms with Gasteiger partial charge in [0.1, 0.15) is 5.15 Å². The highest BCUT2D eigenvalue weighted by Gasteiger charge is 2.19. The fraction of sp³-hybridized carbons (Fsp3) is 0.308. The third-order valence-electron chi connectivity index (χ3n) is 2.97. The summed E-state index contributed by atoms with van der Waals surface area (Å²) < 4.78 is 7.26. The Bertz CT molecular complexity index is 522. The zero-order chi connectivity index (χ0) is 11.7. The van der Waals surface area contributed by atoms with Gasteiger partial charge in [-0.2, -0.15) is 5.10 Å². The number of hydrogen-bond acceptors (Lipinski definition) is 2. The molecule has 0 fully saturated rings. The van der Waals surface area contributed by atoms with Crippen LogP contribution in [0, 0.1) is 0 Å². The quantitative estimate of drug-likeness (QED) is 0.817. The standard InChI is InChI=1S/C13H13ClN2O/c14-13-11-9-17-7-6-12(11)15-16(13)8-10-4-2-1-3-5-10/h1-5H,6-9H2. The van der Waals surface area contributed by atoms with Crippen LogP contribution in [0.1, 0.15) is 16.8 Å². The van der Waals surface area contributed by atoms with Crippen molar-refractivity contribution in [3.05, 3.63) is 52.3 Å². The molecule has 0 spiro atoms. The molecule has 17 heavy (non-hydrogen) atoms. The molecular weight excluding hydrogens is 236 g/mol. The predicted molar refractivity (Wildman–Crippen MR) is 66.1 cm³/mol. The van der Waals surface area contributed by atoms with Gasteiger partial charge in [0.2, 0.25) is 0 Å². The Morgan fingerprint density at radius 3 is 2.88 bits per heavy atom. The highest BCUT2D eigenvalue weighted by molar-refractivity contribution is 6.30. The first-order chi connectivity index (χ1) is 8.34. The van der Waals surface area contributed by atoms with Crippen molar-refractivity contribution in [1.82, 2.24) is 9.78 Å². The predicted octanol–water partition coefficient (Wildman–Crippen LogP) is 2.66. The number of aromatic nitrogens is 2. The summed E-state index contributed by atoms with van der Waals surface area (Å²) in [6.07, 6.45) is 0.858. The maximum Gasteiger partial charge on any atom is 0.133 e. The summed E-state index contributed by atoms with van der Waals surface area (Å²) in [5.74, 6) is 0. The van der Waals surface area contributed by atoms with Gasteiger partial charge in [-0.1, -0.05) is 41.9 Å². The van der Waals surface area contributed by atoms with Crippen LogP contribution in [0.5, 0.6) is 0 Å². The van der Waals surface area contributed by atoms with Crippen LogP contribution in [0.15, 0.2) is 30.3 Å². The van der Waals surface area contributed by atoms with Gasteiger partial charge in [0.05, 0.1) is 25.5 Å². The Morgan fingerprint density at radius 2 is 2.12 bits per heavy atom. The summed E-state index contributed by atoms with van der Waals surface area (Å²) in [5, 5.41) is 5.26. The molecule has 88 valence electrons. The lowest BCUT2D eigenvalue weighted by molar-refractivity contribution is 0.110. The van der Waals surface area contributed by atoms with E-state index in [0.29, 0.717) is 18.3 Å². The molecule has 3 nitrogen and oxygen atoms in total. The maximum atomic E-state index is 6.31. The number of hydrogen-bond donors (Lipinski definition) is 0. The van der Waals surface area contributed by atoms with E-state index >= 15 is 0 Å². The molecule has 2 aromatic rings. The van der Waals surface area contributed by atoms with E-state index in [0.717, 1.165) is 24.3 Å². The normalized spacial score (nSPS) is 14.6. The molecule has 2 heterocycles. The van der Waals surface area contributed by atoms with Crippen LogP contribution in [0.2, 0.25) is 5.15 Å². The van der Waals surface area contributed by atoms with Crippen molar-refractivity contribution in [2.45, 2.75) is 19.6 Å². The van der Waals surface area contributed by atoms with Gasteiger partial charge in [-0.05, 0) is 5.56 Å². The van der Waals surface area contributed by atoms with Crippen molar-refractivity contribution < 1.29 is 4.74 Å². The molecule has 0 aliphatic carbocycles. The Morgan fingerprint density at radius 1 is 1.29 bits per heavy atom. The smallest absolute Gasteiger partial charge is 0.133 e. The highest BCUT2D eigenvalue weighted by Crippen LogP contribution is 2.25. The summed E-state index contributed by atoms with van der Waals surface area (Å²) in [7, 11) is 0. The van der Waals surface area contributed by atoms with Crippen molar-refractivity contribution in [1.29, 1.82) is 0 Å². The van der Waals surface area contributed by atoms with E-state index in [9.17, 15) is 0 Å². The molecule has 0 saturated carbocycles. The molecule has 0 N–H and O–H groups in total. The second-order valence-corrected chi connectivity index (χ2v) is 4.52. The van der Waals surface area contributed by atoms with Gasteiger partial charge >= 0.3 is 0 Å². The van der Waals surface area contributed by atoms with Crippen LogP contribution >= 0.6 is 11.6 Å². The fourth-order valence-corrected chi connectivity index (χ4v) is 2.33. The molecule has 0 radical (unpaired) electrons. The number of fused-ring (bicyclic) bond motifs is 1. The summed E-state index contributed by atoms with van der Waals surface area (Å²) in [6, 6.07) is 10.2. The first kappa shape index (κ1) is 10.8. The minimum Gasteiger partial charge on any atom is -0.376 e. The molecule has 0 unspecified atom stereocenters. The molecule has 0 bridgehead atoms. The van der Waals surface area contributed by atoms with E-state index < -0.39 is 0 Å². The van der Waals surface area contributed by atoms with Gasteiger partial charge in [-0.15, -0.1) is 0 Å². The number of nitrogens with zero attached hydrogens (tertiary/aromatic N) is 2. The Balaban J connectivity index is 1.91. The summed E-state index contributed by atoms with van der Waals surface area (Å²) in [4.78, 5) is 0. The molecular formula is C13H13ClN2O. The van der Waals surface area contributed by atoms with Gasteiger partial charge in [0.15, 0.2) is 0 Å². The molecule has 4 heteroatoms. The number of halogens is 1. The van der Waals surface area contributed by atoms with E-state index in [2.05, 4.69) is 17.2 Å². The molecule has 1 aliphatic rings. The molecule has 0 atom stereocenters.